The Hall–Kier alpha value is 1.55. The van der Waals surface area contributed by atoms with Crippen LogP contribution in [0, 0.1) is 49.4 Å². The first-order chi connectivity index (χ1) is 17.5. The third-order valence-corrected chi connectivity index (χ3v) is 4.99. The van der Waals surface area contributed by atoms with E-state index in [0.717, 1.165) is 51.9 Å². The fourth-order valence-corrected chi connectivity index (χ4v) is 0.800. The van der Waals surface area contributed by atoms with Gasteiger partial charge in [-0.1, -0.05) is 105 Å². The van der Waals surface area contributed by atoms with Crippen LogP contribution in [0.5, 0.6) is 0 Å². The third kappa shape index (κ3) is 136. The maximum atomic E-state index is 3.76. The van der Waals surface area contributed by atoms with E-state index in [2.05, 4.69) is 187 Å². The Bertz CT molecular complexity index is 384. The van der Waals surface area contributed by atoms with Crippen LogP contribution in [-0.4, -0.2) is 140 Å². The zero-order valence-corrected chi connectivity index (χ0v) is 35.8. The van der Waals surface area contributed by atoms with E-state index in [9.17, 15) is 0 Å². The summed E-state index contributed by atoms with van der Waals surface area (Å²) in [7, 11) is 16.7. The summed E-state index contributed by atoms with van der Waals surface area (Å²) in [5.74, 6) is 0. The van der Waals surface area contributed by atoms with Gasteiger partial charge in [0.2, 0.25) is 0 Å². The molecular formula is C36H84Li2MnN4-4. The largest absolute Gasteiger partial charge is 0.343 e. The fourth-order valence-electron chi connectivity index (χ4n) is 0.800. The average molecular weight is 642 g/mol. The van der Waals surface area contributed by atoms with E-state index < -0.39 is 0 Å². The van der Waals surface area contributed by atoms with Gasteiger partial charge < -0.3 is 47.3 Å². The van der Waals surface area contributed by atoms with Crippen LogP contribution in [0.4, 0.5) is 0 Å². The maximum Gasteiger partial charge on any atom is 0.0103 e. The summed E-state index contributed by atoms with van der Waals surface area (Å²) in [5.41, 5.74) is 1.72. The molecule has 0 atom stereocenters. The molecule has 3 radical (unpaired) electrons. The van der Waals surface area contributed by atoms with Crippen molar-refractivity contribution in [2.75, 3.05) is 82.6 Å². The SMILES string of the molecule is CN(C)CCN(C)C.CN(C)CCN(C)C.[CH2-]CC(C)(C)C.[CH2-]CC(C)(C)C.[CH2-]CC(C)(C)C.[CH2-]CC(C)(C)C.[Li].[Li].[Mn]. The second kappa shape index (κ2) is 38.0. The predicted octanol–water partition coefficient (Wildman–Crippen LogP) is 8.48. The number of hydrogen-bond acceptors (Lipinski definition) is 4. The first-order valence-corrected chi connectivity index (χ1v) is 15.3. The van der Waals surface area contributed by atoms with Gasteiger partial charge in [0, 0.05) is 81.0 Å². The second-order valence-corrected chi connectivity index (χ2v) is 16.5. The average Bonchev–Trinajstić information content (AvgIpc) is 2.76. The van der Waals surface area contributed by atoms with Crippen molar-refractivity contribution in [1.82, 2.24) is 19.6 Å². The standard InChI is InChI=1S/2C6H16N2.4C6H13.2Li.Mn/c2*1-7(2)5-6-8(3)4;4*1-5-6(2,3)4;;;/h2*5-6H2,1-4H3;4*1,5H2,2-4H3;;;/q;;4*-1;;;. The van der Waals surface area contributed by atoms with Crippen LogP contribution in [0.15, 0.2) is 0 Å². The molecule has 4 nitrogen and oxygen atoms in total. The van der Waals surface area contributed by atoms with E-state index in [1.807, 2.05) is 0 Å². The fraction of sp³-hybridized carbons (Fsp3) is 0.889. The molecule has 0 rings (SSSR count). The molecule has 0 heterocycles. The Morgan fingerprint density at radius 1 is 0.326 bits per heavy atom. The molecule has 0 N–H and O–H groups in total. The maximum absolute atomic E-state index is 3.76. The van der Waals surface area contributed by atoms with Crippen molar-refractivity contribution in [2.45, 2.75) is 109 Å². The summed E-state index contributed by atoms with van der Waals surface area (Å²) < 4.78 is 0. The molecule has 7 heteroatoms. The smallest absolute Gasteiger partial charge is 0.0103 e. The normalized spacial score (nSPS) is 10.9. The zero-order valence-electron chi connectivity index (χ0n) is 34.7. The number of nitrogens with zero attached hydrogens (tertiary/aromatic N) is 4. The van der Waals surface area contributed by atoms with Crippen molar-refractivity contribution in [3.63, 3.8) is 0 Å². The molecule has 0 aromatic rings. The van der Waals surface area contributed by atoms with E-state index in [1.165, 1.54) is 0 Å². The number of likely N-dealkylation sites (N-methyl/N-ethyl adjacent to an activating group) is 4. The summed E-state index contributed by atoms with van der Waals surface area (Å²) in [4.78, 5) is 8.72. The van der Waals surface area contributed by atoms with Gasteiger partial charge in [-0.2, -0.15) is 25.7 Å². The Kier molecular flexibility index (Phi) is 59.1. The first kappa shape index (κ1) is 66.9. The first-order valence-electron chi connectivity index (χ1n) is 15.3. The van der Waals surface area contributed by atoms with Crippen molar-refractivity contribution in [2.24, 2.45) is 21.7 Å². The molecule has 43 heavy (non-hydrogen) atoms. The minimum atomic E-state index is 0. The Balaban J connectivity index is -0.0000000457. The monoisotopic (exact) mass is 642 g/mol. The van der Waals surface area contributed by atoms with Crippen LogP contribution in [0.2, 0.25) is 0 Å². The Labute approximate surface area is 313 Å². The van der Waals surface area contributed by atoms with Gasteiger partial charge in [0.25, 0.3) is 0 Å². The van der Waals surface area contributed by atoms with Crippen LogP contribution in [0.25, 0.3) is 0 Å². The summed E-state index contributed by atoms with van der Waals surface area (Å²) in [6.45, 7) is 45.8. The van der Waals surface area contributed by atoms with Crippen molar-refractivity contribution >= 4 is 37.7 Å². The molecule has 0 fully saturated rings. The summed E-state index contributed by atoms with van der Waals surface area (Å²) in [6.07, 6.45) is 4.08. The zero-order chi connectivity index (χ0) is 34.0. The molecule has 0 amide bonds. The molecule has 0 spiro atoms. The Morgan fingerprint density at radius 3 is 0.419 bits per heavy atom. The van der Waals surface area contributed by atoms with Crippen molar-refractivity contribution in [3.8, 4) is 0 Å². The van der Waals surface area contributed by atoms with Crippen LogP contribution in [0.1, 0.15) is 109 Å². The molecule has 0 aromatic heterocycles. The second-order valence-electron chi connectivity index (χ2n) is 16.5. The van der Waals surface area contributed by atoms with E-state index >= 15 is 0 Å². The Morgan fingerprint density at radius 2 is 0.395 bits per heavy atom. The van der Waals surface area contributed by atoms with Gasteiger partial charge in [-0.25, -0.2) is 0 Å². The van der Waals surface area contributed by atoms with Gasteiger partial charge in [-0.15, -0.1) is 0 Å². The van der Waals surface area contributed by atoms with E-state index in [1.54, 1.807) is 0 Å². The topological polar surface area (TPSA) is 13.0 Å². The van der Waals surface area contributed by atoms with E-state index in [0.29, 0.717) is 21.7 Å². The predicted molar refractivity (Wildman–Crippen MR) is 203 cm³/mol. The number of hydrogen-bond donors (Lipinski definition) is 0. The minimum Gasteiger partial charge on any atom is -0.343 e. The summed E-state index contributed by atoms with van der Waals surface area (Å²) in [6, 6.07) is 0. The number of rotatable bonds is 6. The van der Waals surface area contributed by atoms with Gasteiger partial charge in [-0.3, -0.25) is 0 Å². The van der Waals surface area contributed by atoms with Crippen LogP contribution in [0.3, 0.4) is 0 Å². The van der Waals surface area contributed by atoms with Crippen molar-refractivity contribution in [3.05, 3.63) is 27.7 Å². The van der Waals surface area contributed by atoms with Gasteiger partial charge in [0.1, 0.15) is 0 Å². The van der Waals surface area contributed by atoms with Gasteiger partial charge >= 0.3 is 0 Å². The molecule has 0 saturated carbocycles. The molecule has 0 aliphatic carbocycles. The van der Waals surface area contributed by atoms with Crippen molar-refractivity contribution < 1.29 is 17.1 Å². The molecular weight excluding hydrogens is 557 g/mol. The summed E-state index contributed by atoms with van der Waals surface area (Å²) >= 11 is 0. The van der Waals surface area contributed by atoms with E-state index in [4.69, 9.17) is 0 Å². The molecule has 0 aromatic carbocycles. The third-order valence-electron chi connectivity index (χ3n) is 4.99. The molecule has 0 aliphatic rings. The van der Waals surface area contributed by atoms with Crippen molar-refractivity contribution in [1.29, 1.82) is 0 Å². The van der Waals surface area contributed by atoms with Gasteiger partial charge in [-0.05, 0) is 56.4 Å². The van der Waals surface area contributed by atoms with Gasteiger partial charge in [0.15, 0.2) is 0 Å². The van der Waals surface area contributed by atoms with Gasteiger partial charge in [0.05, 0.1) is 0 Å². The summed E-state index contributed by atoms with van der Waals surface area (Å²) in [5, 5.41) is 0. The van der Waals surface area contributed by atoms with Crippen LogP contribution >= 0.6 is 0 Å². The molecule has 261 valence electrons. The van der Waals surface area contributed by atoms with Crippen LogP contribution in [-0.2, 0) is 17.1 Å². The molecule has 0 unspecified atom stereocenters. The molecule has 0 aliphatic heterocycles. The molecule has 0 saturated heterocycles. The minimum absolute atomic E-state index is 0. The quantitative estimate of drug-likeness (QED) is 0.213. The van der Waals surface area contributed by atoms with Crippen LogP contribution < -0.4 is 0 Å². The molecule has 0 bridgehead atoms. The van der Waals surface area contributed by atoms with E-state index in [-0.39, 0.29) is 54.8 Å².